The van der Waals surface area contributed by atoms with E-state index in [1.165, 1.54) is 5.56 Å². The average Bonchev–Trinajstić information content (AvgIpc) is 2.91. The summed E-state index contributed by atoms with van der Waals surface area (Å²) in [7, 11) is 1.93. The molecule has 0 unspecified atom stereocenters. The van der Waals surface area contributed by atoms with Crippen molar-refractivity contribution in [2.24, 2.45) is 0 Å². The third-order valence-electron chi connectivity index (χ3n) is 6.48. The van der Waals surface area contributed by atoms with E-state index < -0.39 is 0 Å². The molecule has 0 aliphatic carbocycles. The molecule has 4 aromatic carbocycles. The van der Waals surface area contributed by atoms with Crippen molar-refractivity contribution >= 4 is 16.7 Å². The predicted octanol–water partition coefficient (Wildman–Crippen LogP) is 6.34. The normalized spacial score (nSPS) is 11.1. The van der Waals surface area contributed by atoms with Crippen molar-refractivity contribution in [3.05, 3.63) is 131 Å². The van der Waals surface area contributed by atoms with E-state index in [4.69, 9.17) is 9.97 Å². The molecule has 0 bridgehead atoms. The number of aromatic nitrogens is 2. The molecule has 36 heavy (non-hydrogen) atoms. The van der Waals surface area contributed by atoms with Crippen LogP contribution in [0.1, 0.15) is 38.4 Å². The minimum absolute atomic E-state index is 0.125. The highest BCUT2D eigenvalue weighted by Gasteiger charge is 2.12. The molecular weight excluding hydrogens is 442 g/mol. The van der Waals surface area contributed by atoms with Gasteiger partial charge in [-0.15, -0.1) is 0 Å². The Balaban J connectivity index is 1.36. The first-order chi connectivity index (χ1) is 17.6. The molecule has 0 spiro atoms. The Morgan fingerprint density at radius 1 is 0.806 bits per heavy atom. The predicted molar refractivity (Wildman–Crippen MR) is 146 cm³/mol. The summed E-state index contributed by atoms with van der Waals surface area (Å²) in [6.45, 7) is 2.85. The second-order valence-corrected chi connectivity index (χ2v) is 9.14. The monoisotopic (exact) mass is 471 g/mol. The zero-order valence-corrected chi connectivity index (χ0v) is 20.7. The summed E-state index contributed by atoms with van der Waals surface area (Å²) in [4.78, 5) is 22.8. The van der Waals surface area contributed by atoms with Crippen molar-refractivity contribution in [2.75, 3.05) is 7.05 Å². The van der Waals surface area contributed by atoms with Gasteiger partial charge in [-0.3, -0.25) is 4.79 Å². The van der Waals surface area contributed by atoms with Crippen LogP contribution in [0.2, 0.25) is 0 Å². The second kappa shape index (κ2) is 10.6. The summed E-state index contributed by atoms with van der Waals surface area (Å²) in [5.74, 6) is 0.892. The fourth-order valence-corrected chi connectivity index (χ4v) is 4.52. The number of hydrogen-bond acceptors (Lipinski definition) is 4. The van der Waals surface area contributed by atoms with E-state index in [-0.39, 0.29) is 5.78 Å². The number of fused-ring (bicyclic) bond motifs is 1. The number of nitrogens with one attached hydrogen (secondary N) is 1. The first-order valence-corrected chi connectivity index (χ1v) is 12.3. The molecule has 4 nitrogen and oxygen atoms in total. The van der Waals surface area contributed by atoms with Crippen LogP contribution < -0.4 is 5.32 Å². The van der Waals surface area contributed by atoms with Crippen molar-refractivity contribution in [1.29, 1.82) is 0 Å². The number of aryl methyl sites for hydroxylation is 1. The summed E-state index contributed by atoms with van der Waals surface area (Å²) >= 11 is 0. The molecule has 0 amide bonds. The number of nitrogens with zero attached hydrogens (tertiary/aromatic N) is 2. The minimum Gasteiger partial charge on any atom is -0.316 e. The van der Waals surface area contributed by atoms with E-state index in [1.807, 2.05) is 67.7 Å². The molecule has 5 rings (SSSR count). The maximum absolute atomic E-state index is 13.0. The summed E-state index contributed by atoms with van der Waals surface area (Å²) in [5, 5.41) is 4.21. The Hall–Kier alpha value is -4.15. The van der Waals surface area contributed by atoms with Crippen molar-refractivity contribution < 1.29 is 4.79 Å². The number of hydrogen-bond donors (Lipinski definition) is 1. The summed E-state index contributed by atoms with van der Waals surface area (Å²) in [5.41, 5.74) is 8.16. The first-order valence-electron chi connectivity index (χ1n) is 12.3. The van der Waals surface area contributed by atoms with Crippen LogP contribution in [0.3, 0.4) is 0 Å². The van der Waals surface area contributed by atoms with Gasteiger partial charge in [0, 0.05) is 35.9 Å². The van der Waals surface area contributed by atoms with Crippen LogP contribution in [0, 0.1) is 6.92 Å². The maximum atomic E-state index is 13.0. The zero-order chi connectivity index (χ0) is 24.9. The molecule has 1 heterocycles. The quantitative estimate of drug-likeness (QED) is 0.268. The Kier molecular flexibility index (Phi) is 6.96. The molecule has 5 aromatic rings. The lowest BCUT2D eigenvalue weighted by molar-refractivity contribution is 0.0992. The van der Waals surface area contributed by atoms with Crippen LogP contribution in [-0.4, -0.2) is 22.8 Å². The third kappa shape index (κ3) is 5.24. The van der Waals surface area contributed by atoms with E-state index in [2.05, 4.69) is 48.6 Å². The molecule has 0 aliphatic rings. The van der Waals surface area contributed by atoms with Gasteiger partial charge in [-0.1, -0.05) is 91.0 Å². The van der Waals surface area contributed by atoms with Gasteiger partial charge in [0.25, 0.3) is 0 Å². The van der Waals surface area contributed by atoms with E-state index in [0.717, 1.165) is 56.8 Å². The molecule has 0 radical (unpaired) electrons. The van der Waals surface area contributed by atoms with Crippen LogP contribution in [0.4, 0.5) is 0 Å². The SMILES string of the molecule is CNCc1ccc(C)c(CC(=O)c2ccc(Cc3nc(-c4ccccc4)c4ccccc4n3)cc2)c1. The Morgan fingerprint density at radius 2 is 1.53 bits per heavy atom. The van der Waals surface area contributed by atoms with E-state index in [1.54, 1.807) is 0 Å². The molecule has 1 N–H and O–H groups in total. The van der Waals surface area contributed by atoms with Crippen LogP contribution >= 0.6 is 0 Å². The molecule has 4 heteroatoms. The molecule has 0 fully saturated rings. The van der Waals surface area contributed by atoms with E-state index in [0.29, 0.717) is 12.8 Å². The van der Waals surface area contributed by atoms with Gasteiger partial charge in [0.2, 0.25) is 0 Å². The topological polar surface area (TPSA) is 54.9 Å². The van der Waals surface area contributed by atoms with Gasteiger partial charge >= 0.3 is 0 Å². The Labute approximate surface area is 212 Å². The molecule has 178 valence electrons. The summed E-state index contributed by atoms with van der Waals surface area (Å²) in [6, 6.07) is 32.5. The number of Topliss-reactive ketones (excluding diaryl/α,β-unsaturated/α-hetero) is 1. The zero-order valence-electron chi connectivity index (χ0n) is 20.7. The maximum Gasteiger partial charge on any atom is 0.167 e. The van der Waals surface area contributed by atoms with Crippen LogP contribution in [0.15, 0.2) is 97.1 Å². The number of ketones is 1. The van der Waals surface area contributed by atoms with Gasteiger partial charge in [0.1, 0.15) is 5.82 Å². The Morgan fingerprint density at radius 3 is 2.31 bits per heavy atom. The van der Waals surface area contributed by atoms with Crippen LogP contribution in [0.5, 0.6) is 0 Å². The molecule has 0 aliphatic heterocycles. The minimum atomic E-state index is 0.125. The van der Waals surface area contributed by atoms with E-state index in [9.17, 15) is 4.79 Å². The number of carbonyl (C=O) groups excluding carboxylic acids is 1. The average molecular weight is 472 g/mol. The standard InChI is InChI=1S/C32H29N3O/c1-22-12-13-24(21-33-2)18-27(22)20-30(36)25-16-14-23(15-17-25)19-31-34-29-11-7-6-10-28(29)32(35-31)26-8-4-3-5-9-26/h3-18,33H,19-21H2,1-2H3. The number of carbonyl (C=O) groups is 1. The van der Waals surface area contributed by atoms with Crippen LogP contribution in [-0.2, 0) is 19.4 Å². The third-order valence-corrected chi connectivity index (χ3v) is 6.48. The van der Waals surface area contributed by atoms with Gasteiger partial charge in [-0.25, -0.2) is 9.97 Å². The largest absolute Gasteiger partial charge is 0.316 e. The number of benzene rings is 4. The highest BCUT2D eigenvalue weighted by molar-refractivity contribution is 5.97. The van der Waals surface area contributed by atoms with Crippen molar-refractivity contribution in [3.63, 3.8) is 0 Å². The summed E-state index contributed by atoms with van der Waals surface area (Å²) < 4.78 is 0. The van der Waals surface area contributed by atoms with Crippen molar-refractivity contribution in [3.8, 4) is 11.3 Å². The lowest BCUT2D eigenvalue weighted by Crippen LogP contribution is -2.08. The molecule has 0 saturated heterocycles. The summed E-state index contributed by atoms with van der Waals surface area (Å²) in [6.07, 6.45) is 1.00. The van der Waals surface area contributed by atoms with Gasteiger partial charge in [0.05, 0.1) is 11.2 Å². The fourth-order valence-electron chi connectivity index (χ4n) is 4.52. The van der Waals surface area contributed by atoms with Crippen molar-refractivity contribution in [1.82, 2.24) is 15.3 Å². The number of rotatable bonds is 8. The van der Waals surface area contributed by atoms with Crippen LogP contribution in [0.25, 0.3) is 22.2 Å². The van der Waals surface area contributed by atoms with Gasteiger partial charge < -0.3 is 5.32 Å². The van der Waals surface area contributed by atoms with Crippen molar-refractivity contribution in [2.45, 2.75) is 26.3 Å². The molecular formula is C32H29N3O. The highest BCUT2D eigenvalue weighted by atomic mass is 16.1. The molecule has 0 saturated carbocycles. The second-order valence-electron chi connectivity index (χ2n) is 9.14. The molecule has 0 atom stereocenters. The smallest absolute Gasteiger partial charge is 0.167 e. The molecule has 1 aromatic heterocycles. The Bertz CT molecular complexity index is 1510. The lowest BCUT2D eigenvalue weighted by atomic mass is 9.96. The lowest BCUT2D eigenvalue weighted by Gasteiger charge is -2.10. The number of para-hydroxylation sites is 1. The van der Waals surface area contributed by atoms with E-state index >= 15 is 0 Å². The van der Waals surface area contributed by atoms with Gasteiger partial charge in [-0.2, -0.15) is 0 Å². The fraction of sp³-hybridized carbons (Fsp3) is 0.156. The first kappa shape index (κ1) is 23.6. The highest BCUT2D eigenvalue weighted by Crippen LogP contribution is 2.26. The van der Waals surface area contributed by atoms with Gasteiger partial charge in [-0.05, 0) is 42.3 Å². The van der Waals surface area contributed by atoms with Gasteiger partial charge in [0.15, 0.2) is 5.78 Å².